The van der Waals surface area contributed by atoms with E-state index in [4.69, 9.17) is 0 Å². The summed E-state index contributed by atoms with van der Waals surface area (Å²) in [6, 6.07) is 31.2. The summed E-state index contributed by atoms with van der Waals surface area (Å²) in [4.78, 5) is 5.14. The smallest absolute Gasteiger partial charge is 0.0247 e. The highest BCUT2D eigenvalue weighted by Gasteiger charge is 2.25. The van der Waals surface area contributed by atoms with Gasteiger partial charge in [0, 0.05) is 39.3 Å². The van der Waals surface area contributed by atoms with Crippen LogP contribution in [0.5, 0.6) is 0 Å². The molecule has 148 valence electrons. The van der Waals surface area contributed by atoms with Gasteiger partial charge in [0.15, 0.2) is 0 Å². The fourth-order valence-corrected chi connectivity index (χ4v) is 5.30. The van der Waals surface area contributed by atoms with Gasteiger partial charge in [-0.1, -0.05) is 84.9 Å². The van der Waals surface area contributed by atoms with E-state index < -0.39 is 0 Å². The minimum atomic E-state index is 1.01. The second-order valence-electron chi connectivity index (χ2n) is 8.78. The van der Waals surface area contributed by atoms with Gasteiger partial charge in [-0.05, 0) is 44.2 Å². The molecule has 0 aromatic heterocycles. The first-order chi connectivity index (χ1) is 14.8. The molecule has 2 aliphatic heterocycles. The predicted molar refractivity (Wildman–Crippen MR) is 123 cm³/mol. The first-order valence-corrected chi connectivity index (χ1v) is 10.9. The van der Waals surface area contributed by atoms with E-state index in [-0.39, 0.29) is 0 Å². The van der Waals surface area contributed by atoms with E-state index >= 15 is 0 Å². The lowest BCUT2D eigenvalue weighted by Crippen LogP contribution is -2.29. The average Bonchev–Trinajstić information content (AvgIpc) is 2.78. The van der Waals surface area contributed by atoms with Gasteiger partial charge in [0.25, 0.3) is 0 Å². The highest BCUT2D eigenvalue weighted by Crippen LogP contribution is 2.38. The third kappa shape index (κ3) is 3.23. The first kappa shape index (κ1) is 17.9. The molecule has 2 heterocycles. The van der Waals surface area contributed by atoms with Crippen LogP contribution in [-0.2, 0) is 39.3 Å². The fourth-order valence-electron chi connectivity index (χ4n) is 5.30. The summed E-state index contributed by atoms with van der Waals surface area (Å²) in [5.74, 6) is 0. The molecule has 0 atom stereocenters. The van der Waals surface area contributed by atoms with Crippen molar-refractivity contribution in [2.75, 3.05) is 0 Å². The molecular weight excluding hydrogens is 364 g/mol. The molecule has 30 heavy (non-hydrogen) atoms. The van der Waals surface area contributed by atoms with Gasteiger partial charge in [-0.2, -0.15) is 0 Å². The lowest BCUT2D eigenvalue weighted by Gasteiger charge is -2.34. The van der Waals surface area contributed by atoms with E-state index in [2.05, 4.69) is 94.7 Å². The summed E-state index contributed by atoms with van der Waals surface area (Å²) in [6.45, 7) is 6.17. The molecule has 0 amide bonds. The van der Waals surface area contributed by atoms with E-state index in [1.165, 1.54) is 44.2 Å². The van der Waals surface area contributed by atoms with E-state index in [1.54, 1.807) is 0 Å². The number of nitrogens with zero attached hydrogens (tertiary/aromatic N) is 2. The van der Waals surface area contributed by atoms with Crippen LogP contribution in [0, 0.1) is 0 Å². The van der Waals surface area contributed by atoms with Gasteiger partial charge < -0.3 is 0 Å². The second kappa shape index (κ2) is 7.39. The molecule has 0 unspecified atom stereocenters. The maximum absolute atomic E-state index is 2.57. The van der Waals surface area contributed by atoms with Crippen molar-refractivity contribution >= 4 is 10.8 Å². The standard InChI is InChI=1S/C28H26N2/c1-3-7-21(8-4-1)15-29-17-23-11-13-25-19-30(16-22-9-5-2-6-10-22)20-26-14-12-24(18-29)27(23)28(25)26/h1-14H,15-20H2. The van der Waals surface area contributed by atoms with E-state index in [0.717, 1.165) is 39.3 Å². The van der Waals surface area contributed by atoms with Crippen LogP contribution in [0.25, 0.3) is 10.8 Å². The summed E-state index contributed by atoms with van der Waals surface area (Å²) >= 11 is 0. The molecule has 2 nitrogen and oxygen atoms in total. The van der Waals surface area contributed by atoms with Crippen molar-refractivity contribution in [3.63, 3.8) is 0 Å². The van der Waals surface area contributed by atoms with Gasteiger partial charge in [0.1, 0.15) is 0 Å². The third-order valence-electron chi connectivity index (χ3n) is 6.58. The fraction of sp³-hybridized carbons (Fsp3) is 0.214. The van der Waals surface area contributed by atoms with Crippen molar-refractivity contribution in [1.29, 1.82) is 0 Å². The van der Waals surface area contributed by atoms with Gasteiger partial charge in [-0.25, -0.2) is 0 Å². The molecule has 2 heteroatoms. The Morgan fingerprint density at radius 1 is 0.433 bits per heavy atom. The van der Waals surface area contributed by atoms with Crippen LogP contribution in [0.2, 0.25) is 0 Å². The van der Waals surface area contributed by atoms with Crippen molar-refractivity contribution in [2.24, 2.45) is 0 Å². The van der Waals surface area contributed by atoms with Gasteiger partial charge in [0.2, 0.25) is 0 Å². The van der Waals surface area contributed by atoms with E-state index in [9.17, 15) is 0 Å². The Hall–Kier alpha value is -2.94. The van der Waals surface area contributed by atoms with Gasteiger partial charge in [-0.3, -0.25) is 9.80 Å². The summed E-state index contributed by atoms with van der Waals surface area (Å²) in [7, 11) is 0. The van der Waals surface area contributed by atoms with Crippen LogP contribution < -0.4 is 0 Å². The van der Waals surface area contributed by atoms with Crippen molar-refractivity contribution in [3.05, 3.63) is 118 Å². The molecule has 0 radical (unpaired) electrons. The Bertz CT molecular complexity index is 1050. The second-order valence-corrected chi connectivity index (χ2v) is 8.78. The predicted octanol–water partition coefficient (Wildman–Crippen LogP) is 5.87. The Balaban J connectivity index is 1.30. The molecule has 6 rings (SSSR count). The van der Waals surface area contributed by atoms with Gasteiger partial charge in [0.05, 0.1) is 0 Å². The number of hydrogen-bond donors (Lipinski definition) is 0. The highest BCUT2D eigenvalue weighted by atomic mass is 15.1. The molecule has 4 aromatic carbocycles. The maximum atomic E-state index is 2.57. The zero-order valence-corrected chi connectivity index (χ0v) is 17.2. The summed E-state index contributed by atoms with van der Waals surface area (Å²) < 4.78 is 0. The zero-order chi connectivity index (χ0) is 19.9. The average molecular weight is 391 g/mol. The Morgan fingerprint density at radius 3 is 1.10 bits per heavy atom. The van der Waals surface area contributed by atoms with Crippen LogP contribution in [0.1, 0.15) is 33.4 Å². The molecule has 0 bridgehead atoms. The maximum Gasteiger partial charge on any atom is 0.0247 e. The van der Waals surface area contributed by atoms with Crippen LogP contribution in [0.4, 0.5) is 0 Å². The van der Waals surface area contributed by atoms with Crippen LogP contribution >= 0.6 is 0 Å². The molecule has 0 spiro atoms. The van der Waals surface area contributed by atoms with Crippen molar-refractivity contribution in [1.82, 2.24) is 9.80 Å². The first-order valence-electron chi connectivity index (χ1n) is 10.9. The molecule has 0 N–H and O–H groups in total. The number of hydrogen-bond acceptors (Lipinski definition) is 2. The zero-order valence-electron chi connectivity index (χ0n) is 17.2. The lowest BCUT2D eigenvalue weighted by molar-refractivity contribution is 0.238. The number of benzene rings is 4. The molecular formula is C28H26N2. The van der Waals surface area contributed by atoms with Crippen LogP contribution in [0.3, 0.4) is 0 Å². The quantitative estimate of drug-likeness (QED) is 0.430. The SMILES string of the molecule is c1ccc(CN2Cc3ccc4c5c(ccc(c35)C2)CN(Cc2ccccc2)C4)cc1. The van der Waals surface area contributed by atoms with Gasteiger partial charge >= 0.3 is 0 Å². The van der Waals surface area contributed by atoms with Crippen LogP contribution in [0.15, 0.2) is 84.9 Å². The minimum Gasteiger partial charge on any atom is -0.291 e. The monoisotopic (exact) mass is 390 g/mol. The summed E-state index contributed by atoms with van der Waals surface area (Å²) in [6.07, 6.45) is 0. The van der Waals surface area contributed by atoms with Crippen molar-refractivity contribution < 1.29 is 0 Å². The normalized spacial score (nSPS) is 16.1. The van der Waals surface area contributed by atoms with Crippen LogP contribution in [-0.4, -0.2) is 9.80 Å². The largest absolute Gasteiger partial charge is 0.291 e. The molecule has 0 aliphatic carbocycles. The third-order valence-corrected chi connectivity index (χ3v) is 6.58. The van der Waals surface area contributed by atoms with E-state index in [0.29, 0.717) is 0 Å². The lowest BCUT2D eigenvalue weighted by atomic mass is 9.87. The highest BCUT2D eigenvalue weighted by molar-refractivity contribution is 5.95. The molecule has 0 saturated heterocycles. The van der Waals surface area contributed by atoms with Gasteiger partial charge in [-0.15, -0.1) is 0 Å². The molecule has 4 aromatic rings. The summed E-state index contributed by atoms with van der Waals surface area (Å²) in [5.41, 5.74) is 8.74. The van der Waals surface area contributed by atoms with E-state index in [1.807, 2.05) is 0 Å². The minimum absolute atomic E-state index is 1.01. The van der Waals surface area contributed by atoms with Crippen molar-refractivity contribution in [2.45, 2.75) is 39.3 Å². The summed E-state index contributed by atoms with van der Waals surface area (Å²) in [5, 5.41) is 3.07. The number of rotatable bonds is 4. The molecule has 0 saturated carbocycles. The Morgan fingerprint density at radius 2 is 0.767 bits per heavy atom. The molecule has 0 fully saturated rings. The topological polar surface area (TPSA) is 6.48 Å². The molecule has 2 aliphatic rings. The Labute approximate surface area is 178 Å². The van der Waals surface area contributed by atoms with Crippen molar-refractivity contribution in [3.8, 4) is 0 Å². The Kier molecular flexibility index (Phi) is 4.40.